The largest absolute Gasteiger partial charge is 0.378 e. The minimum absolute atomic E-state index is 0.683. The van der Waals surface area contributed by atoms with E-state index in [9.17, 15) is 0 Å². The molecule has 1 aromatic rings. The highest BCUT2D eigenvalue weighted by molar-refractivity contribution is 5.56. The Morgan fingerprint density at radius 2 is 1.62 bits per heavy atom. The second kappa shape index (κ2) is 7.14. The molecule has 0 bridgehead atoms. The standard InChI is InChI=1S/C17H27N3O/c1-2-15-7-9-19(10-8-18-15)16-3-5-17(6-4-16)20-11-13-21-14-12-20/h3-6,15,18H,2,7-14H2,1H3. The van der Waals surface area contributed by atoms with Crippen LogP contribution in [0.3, 0.4) is 0 Å². The van der Waals surface area contributed by atoms with Gasteiger partial charge >= 0.3 is 0 Å². The fraction of sp³-hybridized carbons (Fsp3) is 0.647. The summed E-state index contributed by atoms with van der Waals surface area (Å²) < 4.78 is 5.42. The van der Waals surface area contributed by atoms with Crippen molar-refractivity contribution < 1.29 is 4.74 Å². The van der Waals surface area contributed by atoms with Crippen LogP contribution in [0, 0.1) is 0 Å². The zero-order chi connectivity index (χ0) is 14.5. The van der Waals surface area contributed by atoms with Crippen LogP contribution in [0.2, 0.25) is 0 Å². The van der Waals surface area contributed by atoms with E-state index in [2.05, 4.69) is 46.3 Å². The van der Waals surface area contributed by atoms with Gasteiger partial charge in [-0.3, -0.25) is 0 Å². The molecule has 2 aliphatic heterocycles. The zero-order valence-corrected chi connectivity index (χ0v) is 13.1. The lowest BCUT2D eigenvalue weighted by Crippen LogP contribution is -2.36. The van der Waals surface area contributed by atoms with Crippen LogP contribution in [0.5, 0.6) is 0 Å². The molecule has 1 atom stereocenters. The molecule has 0 aliphatic carbocycles. The maximum atomic E-state index is 5.42. The Kier molecular flexibility index (Phi) is 4.99. The summed E-state index contributed by atoms with van der Waals surface area (Å²) in [6.07, 6.45) is 2.46. The molecule has 2 aliphatic rings. The Hall–Kier alpha value is -1.26. The van der Waals surface area contributed by atoms with Crippen LogP contribution in [0.4, 0.5) is 11.4 Å². The predicted molar refractivity (Wildman–Crippen MR) is 88.4 cm³/mol. The van der Waals surface area contributed by atoms with Gasteiger partial charge in [0.2, 0.25) is 0 Å². The predicted octanol–water partition coefficient (Wildman–Crippen LogP) is 2.10. The van der Waals surface area contributed by atoms with Gasteiger partial charge in [-0.25, -0.2) is 0 Å². The monoisotopic (exact) mass is 289 g/mol. The minimum atomic E-state index is 0.683. The second-order valence-electron chi connectivity index (χ2n) is 5.95. The summed E-state index contributed by atoms with van der Waals surface area (Å²) >= 11 is 0. The van der Waals surface area contributed by atoms with Gasteiger partial charge in [0.25, 0.3) is 0 Å². The van der Waals surface area contributed by atoms with Crippen molar-refractivity contribution in [2.75, 3.05) is 55.7 Å². The van der Waals surface area contributed by atoms with Gasteiger partial charge in [-0.2, -0.15) is 0 Å². The van der Waals surface area contributed by atoms with E-state index in [-0.39, 0.29) is 0 Å². The molecule has 4 nitrogen and oxygen atoms in total. The summed E-state index contributed by atoms with van der Waals surface area (Å²) in [6.45, 7) is 9.32. The fourth-order valence-electron chi connectivity index (χ4n) is 3.23. The summed E-state index contributed by atoms with van der Waals surface area (Å²) in [5.41, 5.74) is 2.67. The fourth-order valence-corrected chi connectivity index (χ4v) is 3.23. The zero-order valence-electron chi connectivity index (χ0n) is 13.1. The number of rotatable bonds is 3. The summed E-state index contributed by atoms with van der Waals surface area (Å²) in [5.74, 6) is 0. The van der Waals surface area contributed by atoms with Crippen molar-refractivity contribution in [3.63, 3.8) is 0 Å². The van der Waals surface area contributed by atoms with Crippen LogP contribution in [-0.4, -0.2) is 52.0 Å². The molecule has 3 rings (SSSR count). The number of ether oxygens (including phenoxy) is 1. The molecule has 1 N–H and O–H groups in total. The number of hydrogen-bond acceptors (Lipinski definition) is 4. The van der Waals surface area contributed by atoms with Gasteiger partial charge in [0.05, 0.1) is 13.2 Å². The first-order chi connectivity index (χ1) is 10.4. The highest BCUT2D eigenvalue weighted by Gasteiger charge is 2.16. The topological polar surface area (TPSA) is 27.7 Å². The quantitative estimate of drug-likeness (QED) is 0.922. The van der Waals surface area contributed by atoms with Crippen molar-refractivity contribution in [2.24, 2.45) is 0 Å². The van der Waals surface area contributed by atoms with E-state index in [1.165, 1.54) is 24.2 Å². The summed E-state index contributed by atoms with van der Waals surface area (Å²) in [7, 11) is 0. The van der Waals surface area contributed by atoms with Gasteiger partial charge in [0, 0.05) is 50.1 Å². The Morgan fingerprint density at radius 3 is 2.24 bits per heavy atom. The molecule has 1 unspecified atom stereocenters. The van der Waals surface area contributed by atoms with E-state index >= 15 is 0 Å². The molecule has 2 saturated heterocycles. The lowest BCUT2D eigenvalue weighted by atomic mass is 10.1. The Bertz CT molecular complexity index is 428. The summed E-state index contributed by atoms with van der Waals surface area (Å²) in [4.78, 5) is 4.91. The van der Waals surface area contributed by atoms with E-state index in [0.717, 1.165) is 45.9 Å². The molecule has 0 radical (unpaired) electrons. The van der Waals surface area contributed by atoms with Crippen LogP contribution in [0.15, 0.2) is 24.3 Å². The van der Waals surface area contributed by atoms with Crippen molar-refractivity contribution >= 4 is 11.4 Å². The molecular formula is C17H27N3O. The first-order valence-corrected chi connectivity index (χ1v) is 8.28. The molecule has 0 aromatic heterocycles. The van der Waals surface area contributed by atoms with Crippen LogP contribution in [-0.2, 0) is 4.74 Å². The third-order valence-electron chi connectivity index (χ3n) is 4.65. The molecule has 0 saturated carbocycles. The molecule has 2 fully saturated rings. The van der Waals surface area contributed by atoms with E-state index < -0.39 is 0 Å². The van der Waals surface area contributed by atoms with Crippen LogP contribution < -0.4 is 15.1 Å². The molecule has 116 valence electrons. The van der Waals surface area contributed by atoms with Crippen molar-refractivity contribution in [2.45, 2.75) is 25.8 Å². The number of morpholine rings is 1. The maximum Gasteiger partial charge on any atom is 0.0642 e. The number of hydrogen-bond donors (Lipinski definition) is 1. The normalized spacial score (nSPS) is 24.0. The number of benzene rings is 1. The lowest BCUT2D eigenvalue weighted by molar-refractivity contribution is 0.122. The highest BCUT2D eigenvalue weighted by atomic mass is 16.5. The second-order valence-corrected chi connectivity index (χ2v) is 5.95. The first-order valence-electron chi connectivity index (χ1n) is 8.28. The molecule has 4 heteroatoms. The van der Waals surface area contributed by atoms with Gasteiger partial charge in [-0.1, -0.05) is 6.92 Å². The molecule has 1 aromatic carbocycles. The Labute approximate surface area is 128 Å². The van der Waals surface area contributed by atoms with Crippen LogP contribution >= 0.6 is 0 Å². The molecule has 21 heavy (non-hydrogen) atoms. The number of nitrogens with zero attached hydrogens (tertiary/aromatic N) is 2. The Balaban J connectivity index is 1.63. The molecular weight excluding hydrogens is 262 g/mol. The first kappa shape index (κ1) is 14.7. The van der Waals surface area contributed by atoms with Crippen LogP contribution in [0.1, 0.15) is 19.8 Å². The van der Waals surface area contributed by atoms with E-state index in [4.69, 9.17) is 4.74 Å². The molecule has 2 heterocycles. The van der Waals surface area contributed by atoms with E-state index in [1.807, 2.05) is 0 Å². The number of nitrogens with one attached hydrogen (secondary N) is 1. The summed E-state index contributed by atoms with van der Waals surface area (Å²) in [6, 6.07) is 9.75. The van der Waals surface area contributed by atoms with Crippen molar-refractivity contribution in [3.8, 4) is 0 Å². The maximum absolute atomic E-state index is 5.42. The molecule has 0 spiro atoms. The van der Waals surface area contributed by atoms with E-state index in [1.54, 1.807) is 0 Å². The van der Waals surface area contributed by atoms with Gasteiger partial charge in [0.15, 0.2) is 0 Å². The third-order valence-corrected chi connectivity index (χ3v) is 4.65. The number of anilines is 2. The van der Waals surface area contributed by atoms with E-state index in [0.29, 0.717) is 6.04 Å². The van der Waals surface area contributed by atoms with Gasteiger partial charge in [-0.15, -0.1) is 0 Å². The van der Waals surface area contributed by atoms with Crippen molar-refractivity contribution in [1.82, 2.24) is 5.32 Å². The van der Waals surface area contributed by atoms with Gasteiger partial charge in [0.1, 0.15) is 0 Å². The lowest BCUT2D eigenvalue weighted by Gasteiger charge is -2.29. The minimum Gasteiger partial charge on any atom is -0.378 e. The average Bonchev–Trinajstić information content (AvgIpc) is 2.81. The van der Waals surface area contributed by atoms with Crippen LogP contribution in [0.25, 0.3) is 0 Å². The SMILES string of the molecule is CCC1CCN(c2ccc(N3CCOCC3)cc2)CCN1. The van der Waals surface area contributed by atoms with Crippen molar-refractivity contribution in [1.29, 1.82) is 0 Å². The third kappa shape index (κ3) is 3.69. The highest BCUT2D eigenvalue weighted by Crippen LogP contribution is 2.22. The van der Waals surface area contributed by atoms with Gasteiger partial charge in [-0.05, 0) is 37.1 Å². The summed E-state index contributed by atoms with van der Waals surface area (Å²) in [5, 5.41) is 3.63. The Morgan fingerprint density at radius 1 is 1.00 bits per heavy atom. The molecule has 0 amide bonds. The van der Waals surface area contributed by atoms with Gasteiger partial charge < -0.3 is 19.9 Å². The average molecular weight is 289 g/mol. The van der Waals surface area contributed by atoms with Crippen molar-refractivity contribution in [3.05, 3.63) is 24.3 Å². The smallest absolute Gasteiger partial charge is 0.0642 e.